The Morgan fingerprint density at radius 1 is 1.31 bits per heavy atom. The summed E-state index contributed by atoms with van der Waals surface area (Å²) in [6.07, 6.45) is 3.65. The monoisotopic (exact) mass is 221 g/mol. The van der Waals surface area contributed by atoms with Crippen molar-refractivity contribution in [2.75, 3.05) is 6.54 Å². The molecule has 0 spiro atoms. The number of benzene rings is 1. The Kier molecular flexibility index (Phi) is 3.59. The van der Waals surface area contributed by atoms with Gasteiger partial charge in [-0.05, 0) is 55.5 Å². The molecule has 2 heteroatoms. The van der Waals surface area contributed by atoms with Gasteiger partial charge in [-0.2, -0.15) is 0 Å². The van der Waals surface area contributed by atoms with E-state index in [0.717, 1.165) is 12.1 Å². The molecule has 0 saturated heterocycles. The Labute approximate surface area is 97.1 Å². The first kappa shape index (κ1) is 11.6. The smallest absolute Gasteiger partial charge is 0.123 e. The molecule has 1 fully saturated rings. The highest BCUT2D eigenvalue weighted by Crippen LogP contribution is 2.35. The lowest BCUT2D eigenvalue weighted by Gasteiger charge is -2.21. The maximum atomic E-state index is 13.4. The van der Waals surface area contributed by atoms with Gasteiger partial charge in [-0.1, -0.05) is 19.4 Å². The fourth-order valence-corrected chi connectivity index (χ4v) is 2.84. The van der Waals surface area contributed by atoms with Gasteiger partial charge < -0.3 is 5.32 Å². The van der Waals surface area contributed by atoms with Gasteiger partial charge >= 0.3 is 0 Å². The number of aryl methyl sites for hydroxylation is 1. The lowest BCUT2D eigenvalue weighted by atomic mass is 9.93. The van der Waals surface area contributed by atoms with Crippen LogP contribution in [0.15, 0.2) is 18.2 Å². The van der Waals surface area contributed by atoms with Crippen molar-refractivity contribution in [2.45, 2.75) is 45.1 Å². The SMILES string of the molecule is CCNC1CCCC1c1cc(C)cc(F)c1. The Balaban J connectivity index is 2.21. The lowest BCUT2D eigenvalue weighted by Crippen LogP contribution is -2.30. The molecule has 0 bridgehead atoms. The van der Waals surface area contributed by atoms with Gasteiger partial charge in [0, 0.05) is 6.04 Å². The third-order valence-corrected chi connectivity index (χ3v) is 3.47. The van der Waals surface area contributed by atoms with Crippen LogP contribution in [-0.2, 0) is 0 Å². The molecular weight excluding hydrogens is 201 g/mol. The van der Waals surface area contributed by atoms with Crippen LogP contribution in [0.25, 0.3) is 0 Å². The Morgan fingerprint density at radius 2 is 2.12 bits per heavy atom. The Hall–Kier alpha value is -0.890. The highest BCUT2D eigenvalue weighted by atomic mass is 19.1. The van der Waals surface area contributed by atoms with Crippen LogP contribution < -0.4 is 5.32 Å². The van der Waals surface area contributed by atoms with E-state index in [2.05, 4.69) is 18.3 Å². The van der Waals surface area contributed by atoms with Crippen molar-refractivity contribution >= 4 is 0 Å². The van der Waals surface area contributed by atoms with Gasteiger partial charge in [0.05, 0.1) is 0 Å². The maximum absolute atomic E-state index is 13.4. The number of nitrogens with one attached hydrogen (secondary N) is 1. The average Bonchev–Trinajstić information content (AvgIpc) is 2.65. The molecule has 1 aromatic rings. The van der Waals surface area contributed by atoms with Gasteiger partial charge in [-0.15, -0.1) is 0 Å². The summed E-state index contributed by atoms with van der Waals surface area (Å²) in [5, 5.41) is 3.51. The molecule has 0 aliphatic heterocycles. The van der Waals surface area contributed by atoms with E-state index in [0.29, 0.717) is 12.0 Å². The summed E-state index contributed by atoms with van der Waals surface area (Å²) in [6.45, 7) is 5.09. The summed E-state index contributed by atoms with van der Waals surface area (Å²) in [5.74, 6) is 0.395. The van der Waals surface area contributed by atoms with Crippen molar-refractivity contribution in [2.24, 2.45) is 0 Å². The van der Waals surface area contributed by atoms with E-state index in [4.69, 9.17) is 0 Å². The minimum Gasteiger partial charge on any atom is -0.314 e. The second-order valence-corrected chi connectivity index (χ2v) is 4.76. The fourth-order valence-electron chi connectivity index (χ4n) is 2.84. The zero-order chi connectivity index (χ0) is 11.5. The van der Waals surface area contributed by atoms with E-state index in [1.54, 1.807) is 12.1 Å². The molecule has 88 valence electrons. The van der Waals surface area contributed by atoms with Gasteiger partial charge in [0.2, 0.25) is 0 Å². The van der Waals surface area contributed by atoms with E-state index in [-0.39, 0.29) is 5.82 Å². The van der Waals surface area contributed by atoms with Crippen LogP contribution in [0.1, 0.15) is 43.2 Å². The molecule has 0 aromatic heterocycles. The van der Waals surface area contributed by atoms with Gasteiger partial charge in [-0.3, -0.25) is 0 Å². The molecule has 1 aromatic carbocycles. The standard InChI is InChI=1S/C14H20FN/c1-3-16-14-6-4-5-13(14)11-7-10(2)8-12(15)9-11/h7-9,13-14,16H,3-6H2,1-2H3. The summed E-state index contributed by atoms with van der Waals surface area (Å²) in [6, 6.07) is 5.96. The van der Waals surface area contributed by atoms with E-state index < -0.39 is 0 Å². The van der Waals surface area contributed by atoms with Crippen molar-refractivity contribution in [1.82, 2.24) is 5.32 Å². The number of hydrogen-bond donors (Lipinski definition) is 1. The first-order chi connectivity index (χ1) is 7.70. The van der Waals surface area contributed by atoms with Gasteiger partial charge in [-0.25, -0.2) is 4.39 Å². The molecule has 0 amide bonds. The molecule has 2 rings (SSSR count). The van der Waals surface area contributed by atoms with Crippen LogP contribution in [0.4, 0.5) is 4.39 Å². The number of rotatable bonds is 3. The summed E-state index contributed by atoms with van der Waals surface area (Å²) in [7, 11) is 0. The highest BCUT2D eigenvalue weighted by Gasteiger charge is 2.28. The molecule has 1 aliphatic rings. The van der Waals surface area contributed by atoms with Crippen molar-refractivity contribution in [3.05, 3.63) is 35.1 Å². The van der Waals surface area contributed by atoms with Crippen molar-refractivity contribution in [3.8, 4) is 0 Å². The summed E-state index contributed by atoms with van der Waals surface area (Å²) in [5.41, 5.74) is 2.19. The second kappa shape index (κ2) is 4.96. The Bertz CT molecular complexity index is 342. The molecule has 2 unspecified atom stereocenters. The number of likely N-dealkylation sites (N-methyl/N-ethyl adjacent to an activating group) is 1. The summed E-state index contributed by atoms with van der Waals surface area (Å²) in [4.78, 5) is 0. The Morgan fingerprint density at radius 3 is 2.81 bits per heavy atom. The number of halogens is 1. The number of hydrogen-bond acceptors (Lipinski definition) is 1. The quantitative estimate of drug-likeness (QED) is 0.825. The molecule has 2 atom stereocenters. The molecular formula is C14H20FN. The van der Waals surface area contributed by atoms with Crippen LogP contribution in [0.5, 0.6) is 0 Å². The van der Waals surface area contributed by atoms with Crippen LogP contribution in [0.3, 0.4) is 0 Å². The lowest BCUT2D eigenvalue weighted by molar-refractivity contribution is 0.490. The molecule has 1 saturated carbocycles. The van der Waals surface area contributed by atoms with Crippen LogP contribution in [0.2, 0.25) is 0 Å². The summed E-state index contributed by atoms with van der Waals surface area (Å²) < 4.78 is 13.4. The van der Waals surface area contributed by atoms with Gasteiger partial charge in [0.15, 0.2) is 0 Å². The largest absolute Gasteiger partial charge is 0.314 e. The van der Waals surface area contributed by atoms with Gasteiger partial charge in [0.25, 0.3) is 0 Å². The third-order valence-electron chi connectivity index (χ3n) is 3.47. The van der Waals surface area contributed by atoms with Crippen LogP contribution in [0, 0.1) is 12.7 Å². The van der Waals surface area contributed by atoms with E-state index in [1.165, 1.54) is 24.8 Å². The zero-order valence-electron chi connectivity index (χ0n) is 10.1. The predicted octanol–water partition coefficient (Wildman–Crippen LogP) is 3.38. The minimum absolute atomic E-state index is 0.0999. The average molecular weight is 221 g/mol. The van der Waals surface area contributed by atoms with E-state index >= 15 is 0 Å². The second-order valence-electron chi connectivity index (χ2n) is 4.76. The normalized spacial score (nSPS) is 24.9. The van der Waals surface area contributed by atoms with Crippen LogP contribution in [-0.4, -0.2) is 12.6 Å². The van der Waals surface area contributed by atoms with Crippen molar-refractivity contribution < 1.29 is 4.39 Å². The first-order valence-corrected chi connectivity index (χ1v) is 6.21. The van der Waals surface area contributed by atoms with Crippen LogP contribution >= 0.6 is 0 Å². The highest BCUT2D eigenvalue weighted by molar-refractivity contribution is 5.28. The molecule has 0 heterocycles. The maximum Gasteiger partial charge on any atom is 0.123 e. The third kappa shape index (κ3) is 2.43. The topological polar surface area (TPSA) is 12.0 Å². The van der Waals surface area contributed by atoms with E-state index in [9.17, 15) is 4.39 Å². The van der Waals surface area contributed by atoms with E-state index in [1.807, 2.05) is 6.92 Å². The predicted molar refractivity (Wildman–Crippen MR) is 65.2 cm³/mol. The molecule has 1 N–H and O–H groups in total. The van der Waals surface area contributed by atoms with Crippen molar-refractivity contribution in [1.29, 1.82) is 0 Å². The summed E-state index contributed by atoms with van der Waals surface area (Å²) >= 11 is 0. The fraction of sp³-hybridized carbons (Fsp3) is 0.571. The molecule has 0 radical (unpaired) electrons. The molecule has 1 aliphatic carbocycles. The zero-order valence-corrected chi connectivity index (χ0v) is 10.1. The first-order valence-electron chi connectivity index (χ1n) is 6.21. The van der Waals surface area contributed by atoms with Crippen molar-refractivity contribution in [3.63, 3.8) is 0 Å². The molecule has 16 heavy (non-hydrogen) atoms. The van der Waals surface area contributed by atoms with Gasteiger partial charge in [0.1, 0.15) is 5.82 Å². The molecule has 1 nitrogen and oxygen atoms in total. The minimum atomic E-state index is -0.0999.